The van der Waals surface area contributed by atoms with Gasteiger partial charge in [0.25, 0.3) is 0 Å². The fourth-order valence-electron chi connectivity index (χ4n) is 9.37. The van der Waals surface area contributed by atoms with E-state index < -0.39 is 8.07 Å². The molecule has 0 spiro atoms. The van der Waals surface area contributed by atoms with Crippen LogP contribution in [-0.4, -0.2) is 8.07 Å². The number of aryl methyl sites for hydroxylation is 4. The van der Waals surface area contributed by atoms with Crippen molar-refractivity contribution in [2.45, 2.75) is 40.8 Å². The number of hydrogen-bond donors (Lipinski definition) is 0. The predicted molar refractivity (Wildman–Crippen MR) is 258 cm³/mol. The number of anilines is 6. The molecule has 8 aromatic rings. The second-order valence-electron chi connectivity index (χ2n) is 16.5. The van der Waals surface area contributed by atoms with Crippen molar-refractivity contribution in [2.24, 2.45) is 0 Å². The van der Waals surface area contributed by atoms with Gasteiger partial charge in [-0.3, -0.25) is 0 Å². The molecule has 0 unspecified atom stereocenters. The lowest BCUT2D eigenvalue weighted by atomic mass is 9.93. The molecular weight excluding hydrogens is 729 g/mol. The maximum absolute atomic E-state index is 2.53. The zero-order valence-electron chi connectivity index (χ0n) is 34.9. The monoisotopic (exact) mass is 778 g/mol. The minimum atomic E-state index is -2.19. The quantitative estimate of drug-likeness (QED) is 0.142. The van der Waals surface area contributed by atoms with Crippen LogP contribution in [0, 0.1) is 27.7 Å². The lowest BCUT2D eigenvalue weighted by Crippen LogP contribution is -2.54. The summed E-state index contributed by atoms with van der Waals surface area (Å²) >= 11 is 0. The molecule has 1 aliphatic rings. The summed E-state index contributed by atoms with van der Waals surface area (Å²) in [4.78, 5) is 4.71. The Bertz CT molecular complexity index is 2510. The minimum Gasteiger partial charge on any atom is -0.310 e. The molecule has 59 heavy (non-hydrogen) atoms. The van der Waals surface area contributed by atoms with Crippen LogP contribution in [0.15, 0.2) is 182 Å². The van der Waals surface area contributed by atoms with E-state index in [2.05, 4.69) is 245 Å². The first-order valence-corrected chi connectivity index (χ1v) is 23.7. The van der Waals surface area contributed by atoms with Crippen LogP contribution < -0.4 is 20.2 Å². The number of benzene rings is 8. The van der Waals surface area contributed by atoms with Gasteiger partial charge in [0.05, 0.1) is 0 Å². The Morgan fingerprint density at radius 1 is 0.322 bits per heavy atom. The summed E-state index contributed by atoms with van der Waals surface area (Å²) in [6.45, 7) is 14.1. The number of nitrogens with zero attached hydrogens (tertiary/aromatic N) is 2. The van der Waals surface area contributed by atoms with Crippen LogP contribution in [0.25, 0.3) is 34.4 Å². The van der Waals surface area contributed by atoms with E-state index in [1.54, 1.807) is 0 Å². The summed E-state index contributed by atoms with van der Waals surface area (Å²) in [6.07, 6.45) is 4.68. The normalized spacial score (nSPS) is 12.6. The number of hydrogen-bond acceptors (Lipinski definition) is 2. The molecule has 2 nitrogen and oxygen atoms in total. The smallest absolute Gasteiger partial charge is 0.113 e. The van der Waals surface area contributed by atoms with Gasteiger partial charge >= 0.3 is 0 Å². The molecule has 0 atom stereocenters. The number of para-hydroxylation sites is 4. The molecule has 0 N–H and O–H groups in total. The van der Waals surface area contributed by atoms with E-state index in [0.29, 0.717) is 0 Å². The van der Waals surface area contributed by atoms with Crippen LogP contribution in [0.5, 0.6) is 0 Å². The largest absolute Gasteiger partial charge is 0.310 e. The van der Waals surface area contributed by atoms with E-state index in [1.165, 1.54) is 77.4 Å². The van der Waals surface area contributed by atoms with Crippen LogP contribution in [0.1, 0.15) is 33.4 Å². The Labute approximate surface area is 351 Å². The molecule has 288 valence electrons. The van der Waals surface area contributed by atoms with Gasteiger partial charge < -0.3 is 9.80 Å². The van der Waals surface area contributed by atoms with E-state index in [9.17, 15) is 0 Å². The first-order chi connectivity index (χ1) is 28.7. The molecule has 1 aliphatic heterocycles. The van der Waals surface area contributed by atoms with Crippen molar-refractivity contribution >= 4 is 64.7 Å². The van der Waals surface area contributed by atoms with Gasteiger partial charge in [0.2, 0.25) is 0 Å². The summed E-state index contributed by atoms with van der Waals surface area (Å²) in [7, 11) is -2.19. The van der Waals surface area contributed by atoms with Crippen molar-refractivity contribution in [3.05, 3.63) is 215 Å². The van der Waals surface area contributed by atoms with Crippen molar-refractivity contribution in [2.75, 3.05) is 9.80 Å². The molecule has 9 rings (SSSR count). The van der Waals surface area contributed by atoms with Gasteiger partial charge in [0, 0.05) is 34.1 Å². The molecule has 0 fully saturated rings. The molecule has 0 saturated heterocycles. The molecule has 0 aliphatic carbocycles. The SMILES string of the molecule is Cc1cc(N(c2ccccc2)c2ccccc2)cc(C)c1-c1ccc2c(c1)[Si](C)(C)c1cc(-c3c(C)cc(N(c4ccccc4)c4ccccc4)cc3C)ccc1C=C2. The minimum absolute atomic E-state index is 1.15. The maximum atomic E-state index is 2.53. The first-order valence-electron chi connectivity index (χ1n) is 20.7. The highest BCUT2D eigenvalue weighted by Crippen LogP contribution is 2.41. The molecule has 0 bridgehead atoms. The lowest BCUT2D eigenvalue weighted by Gasteiger charge is -2.29. The second kappa shape index (κ2) is 15.6. The zero-order valence-corrected chi connectivity index (χ0v) is 35.9. The molecule has 0 saturated carbocycles. The first kappa shape index (κ1) is 37.9. The Morgan fingerprint density at radius 2 is 0.610 bits per heavy atom. The van der Waals surface area contributed by atoms with Crippen molar-refractivity contribution in [3.8, 4) is 22.3 Å². The molecule has 3 heteroatoms. The topological polar surface area (TPSA) is 6.48 Å². The third-order valence-corrected chi connectivity index (χ3v) is 15.6. The van der Waals surface area contributed by atoms with Crippen LogP contribution in [0.4, 0.5) is 34.1 Å². The van der Waals surface area contributed by atoms with Crippen molar-refractivity contribution in [1.29, 1.82) is 0 Å². The van der Waals surface area contributed by atoms with Gasteiger partial charge in [-0.2, -0.15) is 0 Å². The van der Waals surface area contributed by atoms with Gasteiger partial charge in [0.1, 0.15) is 8.07 Å². The average Bonchev–Trinajstić information content (AvgIpc) is 3.35. The Hall–Kier alpha value is -6.68. The molecule has 0 amide bonds. The van der Waals surface area contributed by atoms with Gasteiger partial charge in [0.15, 0.2) is 0 Å². The van der Waals surface area contributed by atoms with E-state index in [0.717, 1.165) is 22.7 Å². The summed E-state index contributed by atoms with van der Waals surface area (Å²) in [5.41, 5.74) is 19.9. The Balaban J connectivity index is 1.09. The van der Waals surface area contributed by atoms with Crippen LogP contribution in [-0.2, 0) is 0 Å². The predicted octanol–water partition coefficient (Wildman–Crippen LogP) is 14.5. The van der Waals surface area contributed by atoms with E-state index in [4.69, 9.17) is 0 Å². The highest BCUT2D eigenvalue weighted by atomic mass is 28.3. The molecule has 0 aromatic heterocycles. The van der Waals surface area contributed by atoms with E-state index in [-0.39, 0.29) is 0 Å². The van der Waals surface area contributed by atoms with Crippen molar-refractivity contribution in [3.63, 3.8) is 0 Å². The molecular formula is C56H50N2Si. The number of fused-ring (bicyclic) bond motifs is 2. The van der Waals surface area contributed by atoms with E-state index in [1.807, 2.05) is 0 Å². The lowest BCUT2D eigenvalue weighted by molar-refractivity contribution is 1.25. The maximum Gasteiger partial charge on any atom is 0.113 e. The summed E-state index contributed by atoms with van der Waals surface area (Å²) < 4.78 is 0. The molecule has 8 aromatic carbocycles. The summed E-state index contributed by atoms with van der Waals surface area (Å²) in [5, 5.41) is 2.95. The Kier molecular flexibility index (Phi) is 10.0. The fourth-order valence-corrected chi connectivity index (χ4v) is 12.5. The number of rotatable bonds is 8. The third-order valence-electron chi connectivity index (χ3n) is 12.1. The van der Waals surface area contributed by atoms with Crippen LogP contribution >= 0.6 is 0 Å². The fraction of sp³-hybridized carbons (Fsp3) is 0.107. The second-order valence-corrected chi connectivity index (χ2v) is 20.8. The van der Waals surface area contributed by atoms with Gasteiger partial charge in [-0.05, 0) is 166 Å². The van der Waals surface area contributed by atoms with Crippen LogP contribution in [0.3, 0.4) is 0 Å². The van der Waals surface area contributed by atoms with E-state index >= 15 is 0 Å². The molecule has 1 heterocycles. The molecule has 0 radical (unpaired) electrons. The standard InChI is InChI=1S/C56H50N2Si/c1-39-33-51(57(47-19-11-7-12-20-47)48-21-13-8-14-22-48)34-40(2)55(39)45-31-29-43-27-28-44-30-32-46(38-54(44)59(5,6)53(43)37-45)56-41(3)35-52(36-42(56)4)58(49-23-15-9-16-24-49)50-25-17-10-18-26-50/h7-38H,1-6H3. The third kappa shape index (κ3) is 7.13. The van der Waals surface area contributed by atoms with Gasteiger partial charge in [-0.25, -0.2) is 0 Å². The summed E-state index contributed by atoms with van der Waals surface area (Å²) in [6, 6.07) is 66.5. The van der Waals surface area contributed by atoms with Crippen LogP contribution in [0.2, 0.25) is 13.1 Å². The highest BCUT2D eigenvalue weighted by molar-refractivity contribution is 7.01. The van der Waals surface area contributed by atoms with Gasteiger partial charge in [-0.15, -0.1) is 0 Å². The highest BCUT2D eigenvalue weighted by Gasteiger charge is 2.33. The zero-order chi connectivity index (χ0) is 40.7. The Morgan fingerprint density at radius 3 is 0.898 bits per heavy atom. The average molecular weight is 779 g/mol. The van der Waals surface area contributed by atoms with Crippen molar-refractivity contribution < 1.29 is 0 Å². The van der Waals surface area contributed by atoms with Gasteiger partial charge in [-0.1, -0.05) is 134 Å². The summed E-state index contributed by atoms with van der Waals surface area (Å²) in [5.74, 6) is 0. The van der Waals surface area contributed by atoms with Crippen molar-refractivity contribution in [1.82, 2.24) is 0 Å².